The van der Waals surface area contributed by atoms with Crippen LogP contribution >= 0.6 is 0 Å². The van der Waals surface area contributed by atoms with Crippen molar-refractivity contribution in [3.05, 3.63) is 60.7 Å². The summed E-state index contributed by atoms with van der Waals surface area (Å²) in [6.07, 6.45) is 2.23. The summed E-state index contributed by atoms with van der Waals surface area (Å²) < 4.78 is 27.8. The van der Waals surface area contributed by atoms with Crippen LogP contribution < -0.4 is 15.4 Å². The number of piperidine rings is 1. The molecular formula is C21H27N5O2S. The number of rotatable bonds is 5. The molecule has 3 N–H and O–H groups in total. The lowest BCUT2D eigenvalue weighted by Gasteiger charge is -2.24. The molecule has 3 rings (SSSR count). The molecule has 1 unspecified atom stereocenters. The number of nitrogens with one attached hydrogen (secondary N) is 1. The van der Waals surface area contributed by atoms with Crippen molar-refractivity contribution in [2.24, 2.45) is 21.6 Å². The fourth-order valence-electron chi connectivity index (χ4n) is 3.31. The van der Waals surface area contributed by atoms with Crippen LogP contribution in [0.5, 0.6) is 0 Å². The number of nitrogens with two attached hydrogens (primary N) is 1. The molecular weight excluding hydrogens is 386 g/mol. The van der Waals surface area contributed by atoms with Gasteiger partial charge in [-0.3, -0.25) is 4.99 Å². The van der Waals surface area contributed by atoms with E-state index in [1.807, 2.05) is 6.07 Å². The van der Waals surface area contributed by atoms with Crippen LogP contribution in [0.3, 0.4) is 0 Å². The van der Waals surface area contributed by atoms with Gasteiger partial charge in [0.2, 0.25) is 5.96 Å². The van der Waals surface area contributed by atoms with Gasteiger partial charge < -0.3 is 11.1 Å². The summed E-state index contributed by atoms with van der Waals surface area (Å²) in [6, 6.07) is 17.1. The van der Waals surface area contributed by atoms with Crippen LogP contribution in [0, 0.1) is 5.92 Å². The molecule has 0 saturated carbocycles. The van der Waals surface area contributed by atoms with Gasteiger partial charge in [-0.05, 0) is 63.0 Å². The Hall–Kier alpha value is -2.71. The highest BCUT2D eigenvalue weighted by Crippen LogP contribution is 2.24. The van der Waals surface area contributed by atoms with Crippen LogP contribution in [-0.2, 0) is 10.0 Å². The predicted molar refractivity (Wildman–Crippen MR) is 118 cm³/mol. The van der Waals surface area contributed by atoms with Crippen molar-refractivity contribution in [2.45, 2.75) is 24.7 Å². The molecule has 154 valence electrons. The van der Waals surface area contributed by atoms with Crippen LogP contribution in [0.4, 0.5) is 5.69 Å². The topological polar surface area (TPSA) is 100 Å². The second-order valence-corrected chi connectivity index (χ2v) is 8.78. The van der Waals surface area contributed by atoms with Crippen molar-refractivity contribution in [3.63, 3.8) is 0 Å². The van der Waals surface area contributed by atoms with E-state index in [2.05, 4.69) is 15.3 Å². The fraction of sp³-hybridized carbons (Fsp3) is 0.333. The number of sulfonamides is 1. The average molecular weight is 414 g/mol. The number of nitrogens with zero attached hydrogens (tertiary/aromatic N) is 3. The third kappa shape index (κ3) is 5.42. The molecule has 0 radical (unpaired) electrons. The van der Waals surface area contributed by atoms with Crippen LogP contribution in [0.2, 0.25) is 0 Å². The average Bonchev–Trinajstić information content (AvgIpc) is 2.74. The van der Waals surface area contributed by atoms with Crippen molar-refractivity contribution in [1.82, 2.24) is 5.32 Å². The maximum Gasteiger partial charge on any atom is 0.269 e. The van der Waals surface area contributed by atoms with E-state index in [-0.39, 0.29) is 16.7 Å². The zero-order chi connectivity index (χ0) is 20.7. The zero-order valence-electron chi connectivity index (χ0n) is 16.5. The summed E-state index contributed by atoms with van der Waals surface area (Å²) >= 11 is 0. The van der Waals surface area contributed by atoms with Gasteiger partial charge in [-0.25, -0.2) is 12.7 Å². The number of aliphatic imine (C=N–C) groups is 2. The van der Waals surface area contributed by atoms with Crippen LogP contribution in [0.15, 0.2) is 75.5 Å². The van der Waals surface area contributed by atoms with Crippen LogP contribution in [0.1, 0.15) is 19.8 Å². The third-order valence-corrected chi connectivity index (χ3v) is 6.58. The first-order valence-electron chi connectivity index (χ1n) is 9.70. The summed E-state index contributed by atoms with van der Waals surface area (Å²) in [4.78, 5) is 8.85. The van der Waals surface area contributed by atoms with Gasteiger partial charge in [0, 0.05) is 6.54 Å². The molecule has 1 aliphatic heterocycles. The van der Waals surface area contributed by atoms with Gasteiger partial charge in [0.05, 0.1) is 10.6 Å². The van der Waals surface area contributed by atoms with E-state index in [0.29, 0.717) is 18.2 Å². The molecule has 29 heavy (non-hydrogen) atoms. The largest absolute Gasteiger partial charge is 0.368 e. The molecule has 7 nitrogen and oxygen atoms in total. The molecule has 2 aromatic rings. The molecule has 0 amide bonds. The fourth-order valence-corrected chi connectivity index (χ4v) is 4.81. The minimum atomic E-state index is -3.85. The second-order valence-electron chi connectivity index (χ2n) is 6.99. The van der Waals surface area contributed by atoms with Gasteiger partial charge in [0.25, 0.3) is 10.0 Å². The van der Waals surface area contributed by atoms with Gasteiger partial charge in [0.15, 0.2) is 0 Å². The minimum absolute atomic E-state index is 0.0808. The van der Waals surface area contributed by atoms with E-state index in [1.54, 1.807) is 61.5 Å². The number of guanidine groups is 1. The number of benzene rings is 2. The molecule has 8 heteroatoms. The Balaban J connectivity index is 1.90. The molecule has 0 aliphatic carbocycles. The summed E-state index contributed by atoms with van der Waals surface area (Å²) in [5.41, 5.74) is 6.50. The Labute approximate surface area is 172 Å². The smallest absolute Gasteiger partial charge is 0.269 e. The highest BCUT2D eigenvalue weighted by Gasteiger charge is 2.27. The Morgan fingerprint density at radius 3 is 2.41 bits per heavy atom. The Morgan fingerprint density at radius 1 is 1.14 bits per heavy atom. The van der Waals surface area contributed by atoms with Gasteiger partial charge in [-0.15, -0.1) is 0 Å². The van der Waals surface area contributed by atoms with Crippen molar-refractivity contribution in [1.29, 1.82) is 0 Å². The van der Waals surface area contributed by atoms with Gasteiger partial charge in [-0.2, -0.15) is 4.99 Å². The first kappa shape index (κ1) is 21.0. The van der Waals surface area contributed by atoms with Gasteiger partial charge >= 0.3 is 0 Å². The molecule has 0 aromatic heterocycles. The summed E-state index contributed by atoms with van der Waals surface area (Å²) in [5.74, 6) is 0.747. The molecule has 1 aliphatic rings. The first-order chi connectivity index (χ1) is 14.0. The highest BCUT2D eigenvalue weighted by molar-refractivity contribution is 7.93. The molecule has 1 fully saturated rings. The zero-order valence-corrected chi connectivity index (χ0v) is 17.3. The van der Waals surface area contributed by atoms with Crippen molar-refractivity contribution in [2.75, 3.05) is 23.9 Å². The molecule has 1 heterocycles. The maximum absolute atomic E-state index is 13.3. The lowest BCUT2D eigenvalue weighted by atomic mass is 10.0. The molecule has 0 spiro atoms. The number of amidine groups is 1. The van der Waals surface area contributed by atoms with Crippen molar-refractivity contribution < 1.29 is 8.42 Å². The first-order valence-corrected chi connectivity index (χ1v) is 11.1. The summed E-state index contributed by atoms with van der Waals surface area (Å²) in [6.45, 7) is 4.15. The van der Waals surface area contributed by atoms with Crippen LogP contribution in [-0.4, -0.2) is 39.8 Å². The van der Waals surface area contributed by atoms with Crippen molar-refractivity contribution in [3.8, 4) is 0 Å². The SMILES string of the molecule is CC(=NC(N)=NCC1CCCNC1)N(c1ccccc1)S(=O)(=O)c1ccccc1. The summed E-state index contributed by atoms with van der Waals surface area (Å²) in [5, 5.41) is 3.34. The Kier molecular flexibility index (Phi) is 7.00. The maximum atomic E-state index is 13.3. The lowest BCUT2D eigenvalue weighted by Crippen LogP contribution is -2.36. The Bertz CT molecular complexity index is 953. The van der Waals surface area contributed by atoms with Gasteiger partial charge in [-0.1, -0.05) is 36.4 Å². The molecule has 0 bridgehead atoms. The molecule has 1 saturated heterocycles. The normalized spacial score (nSPS) is 18.4. The van der Waals surface area contributed by atoms with E-state index in [1.165, 1.54) is 4.31 Å². The number of anilines is 1. The van der Waals surface area contributed by atoms with Gasteiger partial charge in [0.1, 0.15) is 5.84 Å². The van der Waals surface area contributed by atoms with E-state index >= 15 is 0 Å². The number of hydrogen-bond donors (Lipinski definition) is 2. The lowest BCUT2D eigenvalue weighted by molar-refractivity contribution is 0.386. The standard InChI is InChI=1S/C21H27N5O2S/c1-17(25-21(22)24-16-18-9-8-14-23-15-18)26(19-10-4-2-5-11-19)29(27,28)20-12-6-3-7-13-20/h2-7,10-13,18,23H,8-9,14-16H2,1H3,(H2,22,24). The quantitative estimate of drug-likeness (QED) is 0.581. The van der Waals surface area contributed by atoms with E-state index < -0.39 is 10.0 Å². The predicted octanol–water partition coefficient (Wildman–Crippen LogP) is 2.61. The summed E-state index contributed by atoms with van der Waals surface area (Å²) in [7, 11) is -3.85. The monoisotopic (exact) mass is 413 g/mol. The van der Waals surface area contributed by atoms with E-state index in [0.717, 1.165) is 25.9 Å². The number of para-hydroxylation sites is 1. The Morgan fingerprint density at radius 2 is 1.79 bits per heavy atom. The number of hydrogen-bond acceptors (Lipinski definition) is 4. The molecule has 1 atom stereocenters. The highest BCUT2D eigenvalue weighted by atomic mass is 32.2. The second kappa shape index (κ2) is 9.67. The van der Waals surface area contributed by atoms with E-state index in [9.17, 15) is 8.42 Å². The van der Waals surface area contributed by atoms with E-state index in [4.69, 9.17) is 5.73 Å². The molecule has 2 aromatic carbocycles. The third-order valence-electron chi connectivity index (χ3n) is 4.75. The van der Waals surface area contributed by atoms with Crippen LogP contribution in [0.25, 0.3) is 0 Å². The minimum Gasteiger partial charge on any atom is -0.368 e. The van der Waals surface area contributed by atoms with Crippen molar-refractivity contribution >= 4 is 27.5 Å².